The number of fused-ring (bicyclic) bond motifs is 1. The highest BCUT2D eigenvalue weighted by Crippen LogP contribution is 2.33. The molecule has 0 radical (unpaired) electrons. The SMILES string of the molecule is CCCCOc1ccc(OC(=Cc2ccc3c(c2)OCO3)C(=O)O)cc1. The van der Waals surface area contributed by atoms with Crippen LogP contribution in [0.25, 0.3) is 6.08 Å². The number of ether oxygens (including phenoxy) is 4. The summed E-state index contributed by atoms with van der Waals surface area (Å²) in [5.74, 6) is 1.01. The molecule has 0 bridgehead atoms. The molecule has 6 nitrogen and oxygen atoms in total. The quantitative estimate of drug-likeness (QED) is 0.436. The Hall–Kier alpha value is -3.15. The van der Waals surface area contributed by atoms with Crippen molar-refractivity contribution in [3.05, 3.63) is 53.8 Å². The summed E-state index contributed by atoms with van der Waals surface area (Å²) in [6, 6.07) is 12.0. The van der Waals surface area contributed by atoms with Crippen molar-refractivity contribution in [2.75, 3.05) is 13.4 Å². The minimum Gasteiger partial charge on any atom is -0.494 e. The van der Waals surface area contributed by atoms with Gasteiger partial charge in [-0.3, -0.25) is 0 Å². The molecule has 2 aromatic rings. The van der Waals surface area contributed by atoms with Gasteiger partial charge in [-0.15, -0.1) is 0 Å². The zero-order valence-electron chi connectivity index (χ0n) is 14.4. The minimum atomic E-state index is -1.16. The summed E-state index contributed by atoms with van der Waals surface area (Å²) < 4.78 is 21.6. The monoisotopic (exact) mass is 356 g/mol. The van der Waals surface area contributed by atoms with Crippen molar-refractivity contribution in [3.63, 3.8) is 0 Å². The second kappa shape index (κ2) is 8.29. The normalized spacial score (nSPS) is 12.7. The molecule has 0 saturated carbocycles. The molecule has 6 heteroatoms. The Morgan fingerprint density at radius 3 is 2.58 bits per heavy atom. The van der Waals surface area contributed by atoms with E-state index in [0.29, 0.717) is 29.4 Å². The lowest BCUT2D eigenvalue weighted by Crippen LogP contribution is -2.07. The summed E-state index contributed by atoms with van der Waals surface area (Å²) in [7, 11) is 0. The van der Waals surface area contributed by atoms with Crippen molar-refractivity contribution >= 4 is 12.0 Å². The number of aliphatic carboxylic acids is 1. The van der Waals surface area contributed by atoms with Crippen LogP contribution in [0.3, 0.4) is 0 Å². The zero-order chi connectivity index (χ0) is 18.4. The summed E-state index contributed by atoms with van der Waals surface area (Å²) in [4.78, 5) is 11.5. The Morgan fingerprint density at radius 1 is 1.12 bits per heavy atom. The van der Waals surface area contributed by atoms with Crippen LogP contribution in [0.15, 0.2) is 48.2 Å². The molecule has 0 aromatic heterocycles. The number of carbonyl (C=O) groups is 1. The van der Waals surface area contributed by atoms with E-state index in [0.717, 1.165) is 18.6 Å². The smallest absolute Gasteiger partial charge is 0.371 e. The first-order chi connectivity index (χ1) is 12.7. The molecule has 2 aromatic carbocycles. The van der Waals surface area contributed by atoms with Crippen LogP contribution in [-0.2, 0) is 4.79 Å². The van der Waals surface area contributed by atoms with Gasteiger partial charge in [0.15, 0.2) is 11.5 Å². The molecule has 1 aliphatic rings. The Labute approximate surface area is 151 Å². The van der Waals surface area contributed by atoms with Crippen LogP contribution >= 0.6 is 0 Å². The number of hydrogen-bond donors (Lipinski definition) is 1. The lowest BCUT2D eigenvalue weighted by molar-refractivity contribution is -0.134. The summed E-state index contributed by atoms with van der Waals surface area (Å²) in [6.07, 6.45) is 3.49. The molecule has 0 unspecified atom stereocenters. The highest BCUT2D eigenvalue weighted by atomic mass is 16.7. The number of carboxylic acid groups (broad SMARTS) is 1. The fraction of sp³-hybridized carbons (Fsp3) is 0.250. The molecule has 3 rings (SSSR count). The van der Waals surface area contributed by atoms with E-state index in [4.69, 9.17) is 18.9 Å². The second-order valence-corrected chi connectivity index (χ2v) is 5.70. The number of carboxylic acids is 1. The lowest BCUT2D eigenvalue weighted by atomic mass is 10.2. The van der Waals surface area contributed by atoms with Crippen molar-refractivity contribution in [2.24, 2.45) is 0 Å². The third-order valence-corrected chi connectivity index (χ3v) is 3.72. The molecule has 0 amide bonds. The Bertz CT molecular complexity index is 794. The largest absolute Gasteiger partial charge is 0.494 e. The van der Waals surface area contributed by atoms with E-state index >= 15 is 0 Å². The van der Waals surface area contributed by atoms with Crippen LogP contribution < -0.4 is 18.9 Å². The summed E-state index contributed by atoms with van der Waals surface area (Å²) in [5.41, 5.74) is 0.645. The van der Waals surface area contributed by atoms with Gasteiger partial charge in [-0.25, -0.2) is 4.79 Å². The van der Waals surface area contributed by atoms with E-state index in [-0.39, 0.29) is 12.6 Å². The molecule has 0 saturated heterocycles. The van der Waals surface area contributed by atoms with Crippen LogP contribution in [0.5, 0.6) is 23.0 Å². The standard InChI is InChI=1S/C20H20O6/c1-2-3-10-23-15-5-7-16(8-6-15)26-19(20(21)22)12-14-4-9-17-18(11-14)25-13-24-17/h4-9,11-12H,2-3,10,13H2,1H3,(H,21,22). The van der Waals surface area contributed by atoms with Crippen molar-refractivity contribution in [3.8, 4) is 23.0 Å². The van der Waals surface area contributed by atoms with Crippen molar-refractivity contribution in [1.82, 2.24) is 0 Å². The summed E-state index contributed by atoms with van der Waals surface area (Å²) in [6.45, 7) is 2.92. The predicted molar refractivity (Wildman–Crippen MR) is 95.7 cm³/mol. The van der Waals surface area contributed by atoms with Gasteiger partial charge in [-0.2, -0.15) is 0 Å². The maximum Gasteiger partial charge on any atom is 0.371 e. The van der Waals surface area contributed by atoms with Crippen LogP contribution in [0.2, 0.25) is 0 Å². The Morgan fingerprint density at radius 2 is 1.85 bits per heavy atom. The molecule has 136 valence electrons. The highest BCUT2D eigenvalue weighted by molar-refractivity contribution is 5.90. The molecule has 1 heterocycles. The maximum absolute atomic E-state index is 11.5. The molecule has 26 heavy (non-hydrogen) atoms. The molecule has 0 atom stereocenters. The molecular formula is C20H20O6. The predicted octanol–water partition coefficient (Wildman–Crippen LogP) is 4.10. The molecule has 0 fully saturated rings. The third kappa shape index (κ3) is 4.47. The molecule has 0 spiro atoms. The molecule has 0 aliphatic carbocycles. The first-order valence-electron chi connectivity index (χ1n) is 8.41. The number of rotatable bonds is 8. The van der Waals surface area contributed by atoms with E-state index < -0.39 is 5.97 Å². The first kappa shape index (κ1) is 17.7. The number of benzene rings is 2. The van der Waals surface area contributed by atoms with Crippen LogP contribution in [0, 0.1) is 0 Å². The van der Waals surface area contributed by atoms with E-state index in [1.807, 2.05) is 0 Å². The fourth-order valence-corrected chi connectivity index (χ4v) is 2.35. The van der Waals surface area contributed by atoms with Crippen LogP contribution in [-0.4, -0.2) is 24.5 Å². The molecule has 1 aliphatic heterocycles. The van der Waals surface area contributed by atoms with Crippen LogP contribution in [0.4, 0.5) is 0 Å². The van der Waals surface area contributed by atoms with Gasteiger partial charge in [0.25, 0.3) is 0 Å². The van der Waals surface area contributed by atoms with E-state index in [9.17, 15) is 9.90 Å². The number of hydrogen-bond acceptors (Lipinski definition) is 5. The summed E-state index contributed by atoms with van der Waals surface area (Å²) in [5, 5.41) is 9.41. The Kier molecular flexibility index (Phi) is 5.63. The van der Waals surface area contributed by atoms with Gasteiger partial charge in [0.2, 0.25) is 12.6 Å². The minimum absolute atomic E-state index is 0.164. The van der Waals surface area contributed by atoms with Gasteiger partial charge in [0.1, 0.15) is 11.5 Å². The van der Waals surface area contributed by atoms with Gasteiger partial charge >= 0.3 is 5.97 Å². The Balaban J connectivity index is 1.71. The van der Waals surface area contributed by atoms with Gasteiger partial charge in [-0.05, 0) is 54.5 Å². The zero-order valence-corrected chi connectivity index (χ0v) is 14.4. The van der Waals surface area contributed by atoms with Crippen molar-refractivity contribution < 1.29 is 28.8 Å². The van der Waals surface area contributed by atoms with E-state index in [1.165, 1.54) is 6.08 Å². The van der Waals surface area contributed by atoms with Crippen molar-refractivity contribution in [2.45, 2.75) is 19.8 Å². The van der Waals surface area contributed by atoms with Gasteiger partial charge in [0, 0.05) is 0 Å². The summed E-state index contributed by atoms with van der Waals surface area (Å²) >= 11 is 0. The van der Waals surface area contributed by atoms with E-state index in [2.05, 4.69) is 6.92 Å². The number of unbranched alkanes of at least 4 members (excludes halogenated alkanes) is 1. The molecular weight excluding hydrogens is 336 g/mol. The van der Waals surface area contributed by atoms with Crippen molar-refractivity contribution in [1.29, 1.82) is 0 Å². The van der Waals surface area contributed by atoms with Gasteiger partial charge in [0.05, 0.1) is 6.61 Å². The third-order valence-electron chi connectivity index (χ3n) is 3.72. The topological polar surface area (TPSA) is 74.2 Å². The van der Waals surface area contributed by atoms with Crippen LogP contribution in [0.1, 0.15) is 25.3 Å². The lowest BCUT2D eigenvalue weighted by Gasteiger charge is -2.09. The maximum atomic E-state index is 11.5. The average Bonchev–Trinajstić information content (AvgIpc) is 3.10. The van der Waals surface area contributed by atoms with Gasteiger partial charge in [-0.1, -0.05) is 19.4 Å². The highest BCUT2D eigenvalue weighted by Gasteiger charge is 2.15. The second-order valence-electron chi connectivity index (χ2n) is 5.70. The molecule has 1 N–H and O–H groups in total. The van der Waals surface area contributed by atoms with E-state index in [1.54, 1.807) is 42.5 Å². The fourth-order valence-electron chi connectivity index (χ4n) is 2.35. The first-order valence-corrected chi connectivity index (χ1v) is 8.41. The van der Waals surface area contributed by atoms with Gasteiger partial charge < -0.3 is 24.1 Å². The average molecular weight is 356 g/mol.